The molecule has 1 aromatic rings. The third-order valence-corrected chi connectivity index (χ3v) is 3.81. The van der Waals surface area contributed by atoms with E-state index < -0.39 is 0 Å². The molecule has 1 aliphatic rings. The molecular formula is C14H20ClN3O. The lowest BCUT2D eigenvalue weighted by Crippen LogP contribution is -2.41. The Kier molecular flexibility index (Phi) is 4.64. The summed E-state index contributed by atoms with van der Waals surface area (Å²) >= 11 is 5.74. The first kappa shape index (κ1) is 14.1. The largest absolute Gasteiger partial charge is 0.329 e. The molecule has 1 aromatic heterocycles. The van der Waals surface area contributed by atoms with Gasteiger partial charge in [-0.25, -0.2) is 0 Å². The van der Waals surface area contributed by atoms with Gasteiger partial charge in [-0.3, -0.25) is 9.48 Å². The SMILES string of the molecule is C=CC(C1CC1)N(Cc1ccnn1CC)C(=O)CCl. The number of rotatable bonds is 7. The summed E-state index contributed by atoms with van der Waals surface area (Å²) in [4.78, 5) is 13.9. The van der Waals surface area contributed by atoms with Crippen LogP contribution in [0, 0.1) is 5.92 Å². The Morgan fingerprint density at radius 1 is 1.74 bits per heavy atom. The van der Waals surface area contributed by atoms with Gasteiger partial charge in [-0.1, -0.05) is 6.08 Å². The summed E-state index contributed by atoms with van der Waals surface area (Å²) in [6.45, 7) is 7.26. The van der Waals surface area contributed by atoms with Crippen molar-refractivity contribution in [3.05, 3.63) is 30.6 Å². The van der Waals surface area contributed by atoms with Crippen LogP contribution in [-0.2, 0) is 17.9 Å². The van der Waals surface area contributed by atoms with Gasteiger partial charge in [0.25, 0.3) is 0 Å². The Morgan fingerprint density at radius 3 is 3.00 bits per heavy atom. The fraction of sp³-hybridized carbons (Fsp3) is 0.571. The molecule has 1 saturated carbocycles. The fourth-order valence-corrected chi connectivity index (χ4v) is 2.56. The van der Waals surface area contributed by atoms with Crippen LogP contribution in [0.4, 0.5) is 0 Å². The monoisotopic (exact) mass is 281 g/mol. The van der Waals surface area contributed by atoms with Crippen molar-refractivity contribution < 1.29 is 4.79 Å². The van der Waals surface area contributed by atoms with Crippen LogP contribution in [0.3, 0.4) is 0 Å². The summed E-state index contributed by atoms with van der Waals surface area (Å²) in [7, 11) is 0. The molecule has 4 nitrogen and oxygen atoms in total. The number of halogens is 1. The van der Waals surface area contributed by atoms with Gasteiger partial charge in [0.1, 0.15) is 5.88 Å². The quantitative estimate of drug-likeness (QED) is 0.569. The van der Waals surface area contributed by atoms with E-state index in [0.717, 1.165) is 25.1 Å². The molecule has 0 spiro atoms. The highest BCUT2D eigenvalue weighted by molar-refractivity contribution is 6.27. The maximum atomic E-state index is 12.1. The minimum Gasteiger partial charge on any atom is -0.329 e. The lowest BCUT2D eigenvalue weighted by atomic mass is 10.1. The van der Waals surface area contributed by atoms with Gasteiger partial charge in [-0.05, 0) is 31.7 Å². The topological polar surface area (TPSA) is 38.1 Å². The number of aryl methyl sites for hydroxylation is 1. The first-order chi connectivity index (χ1) is 9.21. The first-order valence-corrected chi connectivity index (χ1v) is 7.23. The van der Waals surface area contributed by atoms with Gasteiger partial charge in [0.2, 0.25) is 5.91 Å². The van der Waals surface area contributed by atoms with Crippen molar-refractivity contribution in [2.24, 2.45) is 5.92 Å². The van der Waals surface area contributed by atoms with E-state index in [9.17, 15) is 4.79 Å². The molecule has 104 valence electrons. The van der Waals surface area contributed by atoms with Gasteiger partial charge in [-0.2, -0.15) is 5.10 Å². The molecule has 0 aliphatic heterocycles. The van der Waals surface area contributed by atoms with E-state index in [4.69, 9.17) is 11.6 Å². The summed E-state index contributed by atoms with van der Waals surface area (Å²) in [6, 6.07) is 2.04. The summed E-state index contributed by atoms with van der Waals surface area (Å²) in [5, 5.41) is 4.24. The molecule has 0 aromatic carbocycles. The van der Waals surface area contributed by atoms with Gasteiger partial charge in [0, 0.05) is 12.7 Å². The normalized spacial score (nSPS) is 16.1. The molecule has 0 bridgehead atoms. The molecule has 1 heterocycles. The van der Waals surface area contributed by atoms with Crippen LogP contribution in [0.1, 0.15) is 25.5 Å². The zero-order valence-corrected chi connectivity index (χ0v) is 12.0. The number of hydrogen-bond acceptors (Lipinski definition) is 2. The van der Waals surface area contributed by atoms with E-state index in [1.807, 2.05) is 28.6 Å². The molecule has 0 radical (unpaired) electrons. The van der Waals surface area contributed by atoms with Crippen LogP contribution in [0.5, 0.6) is 0 Å². The lowest BCUT2D eigenvalue weighted by Gasteiger charge is -2.29. The van der Waals surface area contributed by atoms with Crippen molar-refractivity contribution in [3.63, 3.8) is 0 Å². The molecular weight excluding hydrogens is 262 g/mol. The second-order valence-corrected chi connectivity index (χ2v) is 5.12. The number of alkyl halides is 1. The van der Waals surface area contributed by atoms with Crippen LogP contribution in [0.15, 0.2) is 24.9 Å². The molecule has 0 N–H and O–H groups in total. The highest BCUT2D eigenvalue weighted by Crippen LogP contribution is 2.36. The first-order valence-electron chi connectivity index (χ1n) is 6.70. The molecule has 1 amide bonds. The predicted molar refractivity (Wildman–Crippen MR) is 75.9 cm³/mol. The van der Waals surface area contributed by atoms with E-state index in [1.54, 1.807) is 6.20 Å². The minimum absolute atomic E-state index is 0.0112. The van der Waals surface area contributed by atoms with E-state index in [1.165, 1.54) is 0 Å². The van der Waals surface area contributed by atoms with E-state index in [2.05, 4.69) is 11.7 Å². The zero-order chi connectivity index (χ0) is 13.8. The number of hydrogen-bond donors (Lipinski definition) is 0. The van der Waals surface area contributed by atoms with Gasteiger partial charge >= 0.3 is 0 Å². The average molecular weight is 282 g/mol. The summed E-state index contributed by atoms with van der Waals surface area (Å²) in [5.74, 6) is 0.516. The van der Waals surface area contributed by atoms with E-state index >= 15 is 0 Å². The van der Waals surface area contributed by atoms with Crippen LogP contribution in [-0.4, -0.2) is 32.5 Å². The standard InChI is InChI=1S/C14H20ClN3O/c1-3-13(11-5-6-11)17(14(19)9-15)10-12-7-8-16-18(12)4-2/h3,7-8,11,13H,1,4-6,9-10H2,2H3. The van der Waals surface area contributed by atoms with Crippen LogP contribution < -0.4 is 0 Å². The van der Waals surface area contributed by atoms with Crippen molar-refractivity contribution in [2.45, 2.75) is 38.9 Å². The zero-order valence-electron chi connectivity index (χ0n) is 11.3. The van der Waals surface area contributed by atoms with Crippen molar-refractivity contribution >= 4 is 17.5 Å². The number of nitrogens with zero attached hydrogens (tertiary/aromatic N) is 3. The highest BCUT2D eigenvalue weighted by atomic mass is 35.5. The fourth-order valence-electron chi connectivity index (χ4n) is 2.40. The summed E-state index contributed by atoms with van der Waals surface area (Å²) in [6.07, 6.45) is 5.96. The Morgan fingerprint density at radius 2 is 2.47 bits per heavy atom. The number of carbonyl (C=O) groups excluding carboxylic acids is 1. The average Bonchev–Trinajstić information content (AvgIpc) is 3.16. The number of carbonyl (C=O) groups is 1. The van der Waals surface area contributed by atoms with Gasteiger partial charge in [0.15, 0.2) is 0 Å². The predicted octanol–water partition coefficient (Wildman–Crippen LogP) is 2.44. The molecule has 5 heteroatoms. The van der Waals surface area contributed by atoms with Gasteiger partial charge in [0.05, 0.1) is 18.3 Å². The molecule has 0 saturated heterocycles. The molecule has 1 unspecified atom stereocenters. The third kappa shape index (κ3) is 3.18. The van der Waals surface area contributed by atoms with E-state index in [0.29, 0.717) is 12.5 Å². The maximum Gasteiger partial charge on any atom is 0.238 e. The van der Waals surface area contributed by atoms with Crippen molar-refractivity contribution in [1.82, 2.24) is 14.7 Å². The molecule has 19 heavy (non-hydrogen) atoms. The van der Waals surface area contributed by atoms with E-state index in [-0.39, 0.29) is 17.8 Å². The van der Waals surface area contributed by atoms with Crippen molar-refractivity contribution in [3.8, 4) is 0 Å². The third-order valence-electron chi connectivity index (χ3n) is 3.58. The Hall–Kier alpha value is -1.29. The minimum atomic E-state index is -0.0395. The molecule has 1 aliphatic carbocycles. The van der Waals surface area contributed by atoms with Crippen LogP contribution in [0.2, 0.25) is 0 Å². The molecule has 1 atom stereocenters. The number of amides is 1. The van der Waals surface area contributed by atoms with Crippen LogP contribution in [0.25, 0.3) is 0 Å². The molecule has 2 rings (SSSR count). The Labute approximate surface area is 119 Å². The maximum absolute atomic E-state index is 12.1. The second-order valence-electron chi connectivity index (χ2n) is 4.86. The Bertz CT molecular complexity index is 453. The van der Waals surface area contributed by atoms with Crippen molar-refractivity contribution in [2.75, 3.05) is 5.88 Å². The second kappa shape index (κ2) is 6.24. The van der Waals surface area contributed by atoms with Gasteiger partial charge < -0.3 is 4.90 Å². The van der Waals surface area contributed by atoms with Gasteiger partial charge in [-0.15, -0.1) is 18.2 Å². The molecule has 1 fully saturated rings. The Balaban J connectivity index is 2.17. The van der Waals surface area contributed by atoms with Crippen molar-refractivity contribution in [1.29, 1.82) is 0 Å². The van der Waals surface area contributed by atoms with Crippen LogP contribution >= 0.6 is 11.6 Å². The summed E-state index contributed by atoms with van der Waals surface area (Å²) in [5.41, 5.74) is 1.04. The number of aromatic nitrogens is 2. The smallest absolute Gasteiger partial charge is 0.238 e. The summed E-state index contributed by atoms with van der Waals surface area (Å²) < 4.78 is 1.90. The lowest BCUT2D eigenvalue weighted by molar-refractivity contribution is -0.131. The highest BCUT2D eigenvalue weighted by Gasteiger charge is 2.35.